The number of nitrogens with zero attached hydrogens (tertiary/aromatic N) is 4. The number of nitrogens with two attached hydrogens (primary N) is 1. The Morgan fingerprint density at radius 2 is 2.06 bits per heavy atom. The van der Waals surface area contributed by atoms with Crippen LogP contribution in [0.5, 0.6) is 0 Å². The highest BCUT2D eigenvalue weighted by Crippen LogP contribution is 2.51. The lowest BCUT2D eigenvalue weighted by Crippen LogP contribution is -2.38. The fourth-order valence-corrected chi connectivity index (χ4v) is 4.00. The number of aromatic nitrogens is 4. The van der Waals surface area contributed by atoms with E-state index in [-0.39, 0.29) is 25.1 Å². The maximum Gasteiger partial charge on any atom is 0.331 e. The van der Waals surface area contributed by atoms with Crippen molar-refractivity contribution < 1.29 is 28.2 Å². The molecule has 2 aromatic heterocycles. The van der Waals surface area contributed by atoms with Crippen LogP contribution >= 0.6 is 7.60 Å². The Morgan fingerprint density at radius 1 is 1.32 bits per heavy atom. The maximum atomic E-state index is 12.7. The molecule has 1 aliphatic heterocycles. The summed E-state index contributed by atoms with van der Waals surface area (Å²) in [6.45, 7) is 7.04. The first-order valence-electron chi connectivity index (χ1n) is 9.91. The van der Waals surface area contributed by atoms with Gasteiger partial charge in [0.05, 0.1) is 24.7 Å². The molecule has 1 saturated heterocycles. The smallest absolute Gasteiger partial charge is 0.331 e. The summed E-state index contributed by atoms with van der Waals surface area (Å²) >= 11 is 0. The van der Waals surface area contributed by atoms with Gasteiger partial charge < -0.3 is 24.8 Å². The quantitative estimate of drug-likeness (QED) is 0.425. The lowest BCUT2D eigenvalue weighted by molar-refractivity contribution is -0.0785. The number of hydrogen-bond donors (Lipinski definition) is 2. The minimum absolute atomic E-state index is 0.0523. The van der Waals surface area contributed by atoms with Crippen molar-refractivity contribution in [3.8, 4) is 12.3 Å². The number of nitrogen functional groups attached to an aromatic ring is 1. The summed E-state index contributed by atoms with van der Waals surface area (Å²) in [6.07, 6.45) is 4.87. The van der Waals surface area contributed by atoms with Crippen molar-refractivity contribution in [1.29, 1.82) is 0 Å². The van der Waals surface area contributed by atoms with Gasteiger partial charge in [-0.1, -0.05) is 19.8 Å². The molecule has 5 atom stereocenters. The van der Waals surface area contributed by atoms with Crippen LogP contribution in [0.4, 0.5) is 5.82 Å². The molecule has 3 N–H and O–H groups in total. The van der Waals surface area contributed by atoms with Gasteiger partial charge in [0.15, 0.2) is 17.7 Å². The highest BCUT2D eigenvalue weighted by atomic mass is 31.2. The van der Waals surface area contributed by atoms with Crippen LogP contribution in [0.1, 0.15) is 33.9 Å². The lowest BCUT2D eigenvalue weighted by atomic mass is 10.1. The standard InChI is InChI=1S/C19H28N5O6P/c1-6-7-27-16-15(30-31(25,26)12(4)5)13(8-28-11(2)3)29-19(16)24-10-23-14-17(20)21-9-22-18(14)24/h1,9-13,15-16,19H,7-8H2,2-5H3,(H,25,26)(H2,20,21,22)/t13-,15+,16?,19-/m1/s1. The summed E-state index contributed by atoms with van der Waals surface area (Å²) in [5.41, 5.74) is 6.10. The van der Waals surface area contributed by atoms with E-state index in [0.717, 1.165) is 0 Å². The summed E-state index contributed by atoms with van der Waals surface area (Å²) in [6, 6.07) is 0. The molecule has 0 aromatic carbocycles. The Balaban J connectivity index is 2.01. The van der Waals surface area contributed by atoms with Gasteiger partial charge in [-0.05, 0) is 13.8 Å². The fourth-order valence-electron chi connectivity index (χ4n) is 3.15. The third-order valence-electron chi connectivity index (χ3n) is 4.82. The van der Waals surface area contributed by atoms with Crippen LogP contribution < -0.4 is 5.73 Å². The van der Waals surface area contributed by atoms with Crippen LogP contribution in [0.3, 0.4) is 0 Å². The van der Waals surface area contributed by atoms with Crippen LogP contribution in [-0.2, 0) is 23.3 Å². The van der Waals surface area contributed by atoms with Gasteiger partial charge >= 0.3 is 7.60 Å². The van der Waals surface area contributed by atoms with Crippen LogP contribution in [0.2, 0.25) is 0 Å². The number of ether oxygens (including phenoxy) is 3. The minimum Gasteiger partial charge on any atom is -0.382 e. The number of imidazole rings is 1. The van der Waals surface area contributed by atoms with Gasteiger partial charge in [0.1, 0.15) is 36.8 Å². The Kier molecular flexibility index (Phi) is 7.31. The summed E-state index contributed by atoms with van der Waals surface area (Å²) in [4.78, 5) is 22.9. The second-order valence-electron chi connectivity index (χ2n) is 7.74. The predicted octanol–water partition coefficient (Wildman–Crippen LogP) is 1.73. The van der Waals surface area contributed by atoms with Crippen molar-refractivity contribution in [3.63, 3.8) is 0 Å². The first-order valence-corrected chi connectivity index (χ1v) is 11.6. The Morgan fingerprint density at radius 3 is 2.71 bits per heavy atom. The van der Waals surface area contributed by atoms with Crippen LogP contribution in [0.15, 0.2) is 12.7 Å². The molecule has 0 bridgehead atoms. The number of hydrogen-bond acceptors (Lipinski definition) is 9. The minimum atomic E-state index is -3.96. The van der Waals surface area contributed by atoms with Gasteiger partial charge in [-0.3, -0.25) is 13.7 Å². The van der Waals surface area contributed by atoms with E-state index in [1.165, 1.54) is 12.7 Å². The molecule has 1 fully saturated rings. The van der Waals surface area contributed by atoms with E-state index in [4.69, 9.17) is 30.9 Å². The van der Waals surface area contributed by atoms with Gasteiger partial charge in [-0.15, -0.1) is 6.42 Å². The van der Waals surface area contributed by atoms with E-state index >= 15 is 0 Å². The Bertz CT molecular complexity index is 990. The zero-order valence-electron chi connectivity index (χ0n) is 17.9. The average molecular weight is 453 g/mol. The van der Waals surface area contributed by atoms with Crippen molar-refractivity contribution in [2.24, 2.45) is 0 Å². The third kappa shape index (κ3) is 5.06. The summed E-state index contributed by atoms with van der Waals surface area (Å²) in [7, 11) is -3.96. The van der Waals surface area contributed by atoms with Crippen LogP contribution in [0.25, 0.3) is 11.2 Å². The third-order valence-corrected chi connectivity index (χ3v) is 6.68. The molecule has 170 valence electrons. The molecule has 12 heteroatoms. The highest BCUT2D eigenvalue weighted by Gasteiger charge is 2.51. The van der Waals surface area contributed by atoms with Gasteiger partial charge in [0, 0.05) is 0 Å². The van der Waals surface area contributed by atoms with E-state index in [1.807, 2.05) is 13.8 Å². The summed E-state index contributed by atoms with van der Waals surface area (Å²) in [5.74, 6) is 2.63. The molecule has 3 heterocycles. The zero-order chi connectivity index (χ0) is 22.8. The van der Waals surface area contributed by atoms with Crippen LogP contribution in [0, 0.1) is 12.3 Å². The average Bonchev–Trinajstić information content (AvgIpc) is 3.26. The molecule has 3 rings (SSSR count). The van der Waals surface area contributed by atoms with Crippen molar-refractivity contribution in [3.05, 3.63) is 12.7 Å². The molecule has 0 amide bonds. The van der Waals surface area contributed by atoms with Crippen molar-refractivity contribution >= 4 is 24.6 Å². The molecule has 0 radical (unpaired) electrons. The van der Waals surface area contributed by atoms with Crippen molar-refractivity contribution in [2.45, 2.75) is 64.0 Å². The lowest BCUT2D eigenvalue weighted by Gasteiger charge is -2.27. The second kappa shape index (κ2) is 9.61. The number of anilines is 1. The van der Waals surface area contributed by atoms with Gasteiger partial charge in [-0.25, -0.2) is 15.0 Å². The van der Waals surface area contributed by atoms with E-state index in [0.29, 0.717) is 11.2 Å². The molecule has 31 heavy (non-hydrogen) atoms. The second-order valence-corrected chi connectivity index (χ2v) is 10.1. The molecular formula is C19H28N5O6P. The maximum absolute atomic E-state index is 12.7. The molecule has 0 aliphatic carbocycles. The Labute approximate surface area is 180 Å². The normalized spacial score (nSPS) is 25.9. The number of fused-ring (bicyclic) bond motifs is 1. The zero-order valence-corrected chi connectivity index (χ0v) is 18.8. The van der Waals surface area contributed by atoms with E-state index in [1.54, 1.807) is 18.4 Å². The van der Waals surface area contributed by atoms with Gasteiger partial charge in [0.2, 0.25) is 0 Å². The number of rotatable bonds is 9. The van der Waals surface area contributed by atoms with E-state index in [2.05, 4.69) is 20.9 Å². The monoisotopic (exact) mass is 453 g/mol. The SMILES string of the molecule is C#CCOC1[C@@H](OP(=O)(O)C(C)C)[C@@H](COC(C)C)O[C@H]1n1cnc2c(N)ncnc21. The van der Waals surface area contributed by atoms with Crippen molar-refractivity contribution in [1.82, 2.24) is 19.5 Å². The first kappa shape index (κ1) is 23.6. The summed E-state index contributed by atoms with van der Waals surface area (Å²) in [5, 5.41) is 0. The molecule has 11 nitrogen and oxygen atoms in total. The van der Waals surface area contributed by atoms with Gasteiger partial charge in [0.25, 0.3) is 0 Å². The Hall–Kier alpha value is -2.06. The first-order chi connectivity index (χ1) is 14.7. The predicted molar refractivity (Wildman–Crippen MR) is 113 cm³/mol. The van der Waals surface area contributed by atoms with Gasteiger partial charge in [-0.2, -0.15) is 0 Å². The largest absolute Gasteiger partial charge is 0.382 e. The molecule has 0 spiro atoms. The fraction of sp³-hybridized carbons (Fsp3) is 0.632. The van der Waals surface area contributed by atoms with Crippen LogP contribution in [-0.4, -0.2) is 67.7 Å². The highest BCUT2D eigenvalue weighted by molar-refractivity contribution is 7.53. The summed E-state index contributed by atoms with van der Waals surface area (Å²) < 4.78 is 37.8. The number of terminal acetylenes is 1. The molecule has 2 aromatic rings. The molecular weight excluding hydrogens is 425 g/mol. The molecule has 1 aliphatic rings. The topological polar surface area (TPSA) is 144 Å². The van der Waals surface area contributed by atoms with E-state index in [9.17, 15) is 9.46 Å². The molecule has 0 saturated carbocycles. The molecule has 2 unspecified atom stereocenters. The van der Waals surface area contributed by atoms with Crippen molar-refractivity contribution in [2.75, 3.05) is 18.9 Å². The van der Waals surface area contributed by atoms with E-state index < -0.39 is 37.8 Å².